The summed E-state index contributed by atoms with van der Waals surface area (Å²) in [5.41, 5.74) is 2.66. The predicted octanol–water partition coefficient (Wildman–Crippen LogP) is 2.19. The van der Waals surface area contributed by atoms with Gasteiger partial charge >= 0.3 is 0 Å². The lowest BCUT2D eigenvalue weighted by Gasteiger charge is -2.26. The molecule has 1 amide bonds. The zero-order valence-electron chi connectivity index (χ0n) is 15.7. The van der Waals surface area contributed by atoms with Crippen LogP contribution >= 0.6 is 0 Å². The van der Waals surface area contributed by atoms with Gasteiger partial charge in [0.25, 0.3) is 5.91 Å². The Morgan fingerprint density at radius 2 is 1.93 bits per heavy atom. The van der Waals surface area contributed by atoms with E-state index in [0.29, 0.717) is 12.2 Å². The molecule has 0 aliphatic carbocycles. The van der Waals surface area contributed by atoms with Crippen molar-refractivity contribution in [2.24, 2.45) is 0 Å². The molecule has 27 heavy (non-hydrogen) atoms. The Hall–Kier alpha value is -2.44. The number of carbonyl (C=O) groups excluding carboxylic acids is 1. The number of carbonyl (C=O) groups is 1. The van der Waals surface area contributed by atoms with Crippen molar-refractivity contribution in [3.63, 3.8) is 0 Å². The van der Waals surface area contributed by atoms with Crippen molar-refractivity contribution >= 4 is 11.6 Å². The van der Waals surface area contributed by atoms with Crippen molar-refractivity contribution in [3.8, 4) is 0 Å². The van der Waals surface area contributed by atoms with Gasteiger partial charge in [-0.05, 0) is 30.5 Å². The standard InChI is InChI=1S/C21H28N4O2/c26-21(24-9-4-7-18-5-2-1-3-6-18)20-17-19(8-10-23-20)22-11-12-25-13-15-27-16-14-25/h1-3,5-6,8,10,17H,4,7,9,11-16H2,(H,22,23)(H,24,26). The summed E-state index contributed by atoms with van der Waals surface area (Å²) in [5.74, 6) is -0.125. The number of hydrogen-bond donors (Lipinski definition) is 2. The van der Waals surface area contributed by atoms with Crippen molar-refractivity contribution in [3.05, 3.63) is 59.9 Å². The molecule has 3 rings (SSSR count). The minimum Gasteiger partial charge on any atom is -0.384 e. The Labute approximate surface area is 160 Å². The van der Waals surface area contributed by atoms with E-state index in [9.17, 15) is 4.79 Å². The van der Waals surface area contributed by atoms with E-state index >= 15 is 0 Å². The average Bonchev–Trinajstić information content (AvgIpc) is 2.73. The summed E-state index contributed by atoms with van der Waals surface area (Å²) in [6, 6.07) is 14.0. The van der Waals surface area contributed by atoms with Crippen molar-refractivity contribution in [2.75, 3.05) is 51.3 Å². The molecule has 2 heterocycles. The van der Waals surface area contributed by atoms with Crippen LogP contribution in [-0.4, -0.2) is 61.7 Å². The van der Waals surface area contributed by atoms with E-state index in [1.807, 2.05) is 30.3 Å². The van der Waals surface area contributed by atoms with Crippen molar-refractivity contribution in [2.45, 2.75) is 12.8 Å². The highest BCUT2D eigenvalue weighted by Gasteiger charge is 2.10. The Kier molecular flexibility index (Phi) is 7.62. The van der Waals surface area contributed by atoms with Crippen molar-refractivity contribution < 1.29 is 9.53 Å². The molecule has 1 fully saturated rings. The summed E-state index contributed by atoms with van der Waals surface area (Å²) in [6.07, 6.45) is 3.54. The van der Waals surface area contributed by atoms with Crippen LogP contribution in [0.25, 0.3) is 0 Å². The SMILES string of the molecule is O=C(NCCCc1ccccc1)c1cc(NCCN2CCOCC2)ccn1. The molecule has 1 aliphatic rings. The van der Waals surface area contributed by atoms with Crippen LogP contribution in [0.4, 0.5) is 5.69 Å². The smallest absolute Gasteiger partial charge is 0.269 e. The Morgan fingerprint density at radius 3 is 2.74 bits per heavy atom. The monoisotopic (exact) mass is 368 g/mol. The summed E-state index contributed by atoms with van der Waals surface area (Å²) in [5, 5.41) is 6.33. The molecule has 144 valence electrons. The van der Waals surface area contributed by atoms with Gasteiger partial charge in [0, 0.05) is 44.6 Å². The van der Waals surface area contributed by atoms with E-state index in [1.54, 1.807) is 6.20 Å². The van der Waals surface area contributed by atoms with Crippen LogP contribution < -0.4 is 10.6 Å². The maximum Gasteiger partial charge on any atom is 0.269 e. The molecule has 0 atom stereocenters. The van der Waals surface area contributed by atoms with E-state index in [4.69, 9.17) is 4.74 Å². The molecule has 0 unspecified atom stereocenters. The highest BCUT2D eigenvalue weighted by molar-refractivity contribution is 5.93. The summed E-state index contributed by atoms with van der Waals surface area (Å²) in [6.45, 7) is 6.02. The first kappa shape index (κ1) is 19.3. The van der Waals surface area contributed by atoms with Crippen molar-refractivity contribution in [1.29, 1.82) is 0 Å². The minimum atomic E-state index is -0.125. The molecule has 0 radical (unpaired) electrons. The first-order valence-electron chi connectivity index (χ1n) is 9.63. The normalized spacial score (nSPS) is 14.7. The number of amides is 1. The Bertz CT molecular complexity index is 702. The van der Waals surface area contributed by atoms with Gasteiger partial charge < -0.3 is 15.4 Å². The lowest BCUT2D eigenvalue weighted by molar-refractivity contribution is 0.0398. The maximum atomic E-state index is 12.3. The lowest BCUT2D eigenvalue weighted by Crippen LogP contribution is -2.39. The first-order valence-corrected chi connectivity index (χ1v) is 9.63. The zero-order valence-corrected chi connectivity index (χ0v) is 15.7. The van der Waals surface area contributed by atoms with Gasteiger partial charge in [-0.1, -0.05) is 30.3 Å². The van der Waals surface area contributed by atoms with Gasteiger partial charge in [-0.25, -0.2) is 0 Å². The molecular weight excluding hydrogens is 340 g/mol. The highest BCUT2D eigenvalue weighted by atomic mass is 16.5. The van der Waals surface area contributed by atoms with Crippen molar-refractivity contribution in [1.82, 2.24) is 15.2 Å². The van der Waals surface area contributed by atoms with Gasteiger partial charge in [0.1, 0.15) is 5.69 Å². The number of morpholine rings is 1. The number of nitrogens with one attached hydrogen (secondary N) is 2. The average molecular weight is 368 g/mol. The Morgan fingerprint density at radius 1 is 1.11 bits per heavy atom. The molecule has 2 aromatic rings. The van der Waals surface area contributed by atoms with E-state index in [1.165, 1.54) is 5.56 Å². The summed E-state index contributed by atoms with van der Waals surface area (Å²) < 4.78 is 5.36. The molecule has 0 spiro atoms. The fraction of sp³-hybridized carbons (Fsp3) is 0.429. The van der Waals surface area contributed by atoms with Crippen LogP contribution in [0.5, 0.6) is 0 Å². The maximum absolute atomic E-state index is 12.3. The molecular formula is C21H28N4O2. The van der Waals surface area contributed by atoms with Gasteiger partial charge in [0.15, 0.2) is 0 Å². The third kappa shape index (κ3) is 6.66. The molecule has 0 bridgehead atoms. The van der Waals surface area contributed by atoms with Gasteiger partial charge in [-0.15, -0.1) is 0 Å². The molecule has 0 saturated carbocycles. The van der Waals surface area contributed by atoms with E-state index < -0.39 is 0 Å². The molecule has 1 saturated heterocycles. The number of rotatable bonds is 9. The molecule has 6 heteroatoms. The molecule has 1 aromatic heterocycles. The molecule has 1 aliphatic heterocycles. The summed E-state index contributed by atoms with van der Waals surface area (Å²) in [7, 11) is 0. The number of pyridine rings is 1. The number of aromatic nitrogens is 1. The second-order valence-electron chi connectivity index (χ2n) is 6.66. The predicted molar refractivity (Wildman–Crippen MR) is 107 cm³/mol. The van der Waals surface area contributed by atoms with Gasteiger partial charge in [0.05, 0.1) is 13.2 Å². The summed E-state index contributed by atoms with van der Waals surface area (Å²) in [4.78, 5) is 18.9. The Balaban J connectivity index is 1.38. The number of benzene rings is 1. The first-order chi connectivity index (χ1) is 13.3. The second kappa shape index (κ2) is 10.6. The van der Waals surface area contributed by atoms with Gasteiger partial charge in [0.2, 0.25) is 0 Å². The van der Waals surface area contributed by atoms with E-state index in [-0.39, 0.29) is 5.91 Å². The van der Waals surface area contributed by atoms with Crippen LogP contribution in [0.1, 0.15) is 22.5 Å². The highest BCUT2D eigenvalue weighted by Crippen LogP contribution is 2.08. The number of hydrogen-bond acceptors (Lipinski definition) is 5. The number of aryl methyl sites for hydroxylation is 1. The summed E-state index contributed by atoms with van der Waals surface area (Å²) >= 11 is 0. The van der Waals surface area contributed by atoms with Crippen LogP contribution in [-0.2, 0) is 11.2 Å². The fourth-order valence-corrected chi connectivity index (χ4v) is 3.08. The van der Waals surface area contributed by atoms with Gasteiger partial charge in [-0.2, -0.15) is 0 Å². The zero-order chi connectivity index (χ0) is 18.7. The topological polar surface area (TPSA) is 66.5 Å². The number of nitrogens with zero attached hydrogens (tertiary/aromatic N) is 2. The third-order valence-corrected chi connectivity index (χ3v) is 4.62. The van der Waals surface area contributed by atoms with Crippen LogP contribution in [0.2, 0.25) is 0 Å². The van der Waals surface area contributed by atoms with Crippen LogP contribution in [0, 0.1) is 0 Å². The molecule has 2 N–H and O–H groups in total. The number of ether oxygens (including phenoxy) is 1. The third-order valence-electron chi connectivity index (χ3n) is 4.62. The molecule has 1 aromatic carbocycles. The van der Waals surface area contributed by atoms with Crippen LogP contribution in [0.3, 0.4) is 0 Å². The van der Waals surface area contributed by atoms with Crippen LogP contribution in [0.15, 0.2) is 48.7 Å². The minimum absolute atomic E-state index is 0.125. The largest absolute Gasteiger partial charge is 0.384 e. The fourth-order valence-electron chi connectivity index (χ4n) is 3.08. The van der Waals surface area contributed by atoms with E-state index in [0.717, 1.165) is 57.9 Å². The number of anilines is 1. The quantitative estimate of drug-likeness (QED) is 0.664. The molecule has 6 nitrogen and oxygen atoms in total. The van der Waals surface area contributed by atoms with E-state index in [2.05, 4.69) is 32.7 Å². The second-order valence-corrected chi connectivity index (χ2v) is 6.66. The van der Waals surface area contributed by atoms with Gasteiger partial charge in [-0.3, -0.25) is 14.7 Å². The lowest BCUT2D eigenvalue weighted by atomic mass is 10.1.